The molecule has 0 fully saturated rings. The van der Waals surface area contributed by atoms with E-state index in [9.17, 15) is 0 Å². The van der Waals surface area contributed by atoms with Gasteiger partial charge < -0.3 is 10.6 Å². The summed E-state index contributed by atoms with van der Waals surface area (Å²) in [6.07, 6.45) is 3.50. The largest absolute Gasteiger partial charge is 0.363 e. The minimum absolute atomic E-state index is 0.582. The van der Waals surface area contributed by atoms with Crippen LogP contribution >= 0.6 is 15.9 Å². The van der Waals surface area contributed by atoms with Gasteiger partial charge in [-0.2, -0.15) is 4.98 Å². The summed E-state index contributed by atoms with van der Waals surface area (Å²) >= 11 is 3.42. The summed E-state index contributed by atoms with van der Waals surface area (Å²) in [5.74, 6) is 1.33. The van der Waals surface area contributed by atoms with Crippen molar-refractivity contribution < 1.29 is 0 Å². The van der Waals surface area contributed by atoms with Crippen molar-refractivity contribution in [2.45, 2.75) is 13.5 Å². The molecule has 2 heterocycles. The third-order valence-electron chi connectivity index (χ3n) is 2.51. The molecule has 0 aliphatic heterocycles. The van der Waals surface area contributed by atoms with Crippen LogP contribution in [0.3, 0.4) is 0 Å². The SMILES string of the molecule is CNc1ncc(Br)c(NCc2ncccc2C)n1. The van der Waals surface area contributed by atoms with E-state index < -0.39 is 0 Å². The van der Waals surface area contributed by atoms with Crippen LogP contribution in [-0.4, -0.2) is 22.0 Å². The zero-order valence-electron chi connectivity index (χ0n) is 10.2. The number of aryl methyl sites for hydroxylation is 1. The summed E-state index contributed by atoms with van der Waals surface area (Å²) in [7, 11) is 1.79. The van der Waals surface area contributed by atoms with Crippen molar-refractivity contribution in [1.82, 2.24) is 15.0 Å². The van der Waals surface area contributed by atoms with E-state index in [1.54, 1.807) is 19.4 Å². The third-order valence-corrected chi connectivity index (χ3v) is 3.09. The number of anilines is 2. The summed E-state index contributed by atoms with van der Waals surface area (Å²) in [6.45, 7) is 2.67. The van der Waals surface area contributed by atoms with E-state index in [0.717, 1.165) is 21.5 Å². The summed E-state index contributed by atoms with van der Waals surface area (Å²) < 4.78 is 0.829. The lowest BCUT2D eigenvalue weighted by Crippen LogP contribution is -2.07. The van der Waals surface area contributed by atoms with Crippen LogP contribution in [0.1, 0.15) is 11.3 Å². The smallest absolute Gasteiger partial charge is 0.224 e. The van der Waals surface area contributed by atoms with Gasteiger partial charge in [0.2, 0.25) is 5.95 Å². The first kappa shape index (κ1) is 12.8. The second-order valence-electron chi connectivity index (χ2n) is 3.76. The van der Waals surface area contributed by atoms with Crippen molar-refractivity contribution >= 4 is 27.7 Å². The molecule has 6 heteroatoms. The van der Waals surface area contributed by atoms with Crippen LogP contribution in [0.2, 0.25) is 0 Å². The van der Waals surface area contributed by atoms with Gasteiger partial charge in [-0.3, -0.25) is 4.98 Å². The fraction of sp³-hybridized carbons (Fsp3) is 0.250. The van der Waals surface area contributed by atoms with Gasteiger partial charge in [-0.25, -0.2) is 4.98 Å². The Morgan fingerprint density at radius 3 is 2.89 bits per heavy atom. The zero-order chi connectivity index (χ0) is 13.0. The van der Waals surface area contributed by atoms with E-state index in [-0.39, 0.29) is 0 Å². The van der Waals surface area contributed by atoms with E-state index in [1.165, 1.54) is 0 Å². The average Bonchev–Trinajstić information content (AvgIpc) is 2.39. The van der Waals surface area contributed by atoms with Gasteiger partial charge >= 0.3 is 0 Å². The standard InChI is InChI=1S/C12H14BrN5/c1-8-4-3-5-15-10(8)7-16-11-9(13)6-17-12(14-2)18-11/h3-6H,7H2,1-2H3,(H2,14,16,17,18). The van der Waals surface area contributed by atoms with E-state index in [2.05, 4.69) is 41.5 Å². The number of nitrogens with one attached hydrogen (secondary N) is 2. The molecule has 2 aromatic rings. The fourth-order valence-corrected chi connectivity index (χ4v) is 1.81. The molecule has 0 aliphatic carbocycles. The molecule has 5 nitrogen and oxygen atoms in total. The monoisotopic (exact) mass is 307 g/mol. The highest BCUT2D eigenvalue weighted by Crippen LogP contribution is 2.20. The quantitative estimate of drug-likeness (QED) is 0.909. The zero-order valence-corrected chi connectivity index (χ0v) is 11.8. The molecule has 0 unspecified atom stereocenters. The van der Waals surface area contributed by atoms with Crippen LogP contribution in [0, 0.1) is 6.92 Å². The van der Waals surface area contributed by atoms with Gasteiger partial charge in [0.1, 0.15) is 5.82 Å². The fourth-order valence-electron chi connectivity index (χ4n) is 1.48. The van der Waals surface area contributed by atoms with Crippen molar-refractivity contribution in [3.63, 3.8) is 0 Å². The summed E-state index contributed by atoms with van der Waals surface area (Å²) in [6, 6.07) is 3.97. The summed E-state index contributed by atoms with van der Waals surface area (Å²) in [5, 5.41) is 6.15. The molecular formula is C12H14BrN5. The second-order valence-corrected chi connectivity index (χ2v) is 4.62. The lowest BCUT2D eigenvalue weighted by Gasteiger charge is -2.09. The van der Waals surface area contributed by atoms with Crippen molar-refractivity contribution in [3.05, 3.63) is 40.3 Å². The minimum atomic E-state index is 0.582. The molecule has 0 bridgehead atoms. The highest BCUT2D eigenvalue weighted by atomic mass is 79.9. The van der Waals surface area contributed by atoms with Gasteiger partial charge in [-0.1, -0.05) is 6.07 Å². The first-order valence-electron chi connectivity index (χ1n) is 5.55. The maximum atomic E-state index is 4.33. The van der Waals surface area contributed by atoms with Gasteiger partial charge in [0.15, 0.2) is 0 Å². The van der Waals surface area contributed by atoms with Gasteiger partial charge in [-0.15, -0.1) is 0 Å². The molecular weight excluding hydrogens is 294 g/mol. The predicted octanol–water partition coefficient (Wildman–Crippen LogP) is 2.60. The van der Waals surface area contributed by atoms with Crippen molar-refractivity contribution in [2.24, 2.45) is 0 Å². The highest BCUT2D eigenvalue weighted by Gasteiger charge is 2.05. The van der Waals surface area contributed by atoms with Crippen molar-refractivity contribution in [1.29, 1.82) is 0 Å². The number of hydrogen-bond acceptors (Lipinski definition) is 5. The molecule has 94 valence electrons. The van der Waals surface area contributed by atoms with Gasteiger partial charge in [0.25, 0.3) is 0 Å². The van der Waals surface area contributed by atoms with E-state index in [1.807, 2.05) is 19.1 Å². The van der Waals surface area contributed by atoms with Crippen LogP contribution < -0.4 is 10.6 Å². The average molecular weight is 308 g/mol. The first-order chi connectivity index (χ1) is 8.70. The Morgan fingerprint density at radius 2 is 2.17 bits per heavy atom. The summed E-state index contributed by atoms with van der Waals surface area (Å²) in [4.78, 5) is 12.8. The van der Waals surface area contributed by atoms with Crippen LogP contribution in [0.15, 0.2) is 29.0 Å². The molecule has 2 aromatic heterocycles. The lowest BCUT2D eigenvalue weighted by atomic mass is 10.2. The molecule has 0 amide bonds. The van der Waals surface area contributed by atoms with Crippen LogP contribution in [0.25, 0.3) is 0 Å². The van der Waals surface area contributed by atoms with Gasteiger partial charge in [-0.05, 0) is 34.5 Å². The minimum Gasteiger partial charge on any atom is -0.363 e. The molecule has 0 atom stereocenters. The second kappa shape index (κ2) is 5.77. The molecule has 0 aromatic carbocycles. The van der Waals surface area contributed by atoms with E-state index in [0.29, 0.717) is 12.5 Å². The van der Waals surface area contributed by atoms with E-state index >= 15 is 0 Å². The Hall–Kier alpha value is -1.69. The Kier molecular flexibility index (Phi) is 4.09. The Labute approximate surface area is 114 Å². The predicted molar refractivity (Wildman–Crippen MR) is 75.6 cm³/mol. The number of rotatable bonds is 4. The maximum absolute atomic E-state index is 4.33. The molecule has 0 saturated heterocycles. The van der Waals surface area contributed by atoms with Crippen LogP contribution in [0.4, 0.5) is 11.8 Å². The maximum Gasteiger partial charge on any atom is 0.224 e. The van der Waals surface area contributed by atoms with Crippen LogP contribution in [0.5, 0.6) is 0 Å². The lowest BCUT2D eigenvalue weighted by molar-refractivity contribution is 0.995. The molecule has 18 heavy (non-hydrogen) atoms. The summed E-state index contributed by atoms with van der Waals surface area (Å²) in [5.41, 5.74) is 2.16. The van der Waals surface area contributed by atoms with E-state index in [4.69, 9.17) is 0 Å². The Balaban J connectivity index is 2.13. The Bertz CT molecular complexity index is 544. The van der Waals surface area contributed by atoms with Gasteiger partial charge in [0.05, 0.1) is 16.7 Å². The van der Waals surface area contributed by atoms with Crippen molar-refractivity contribution in [2.75, 3.05) is 17.7 Å². The normalized spacial score (nSPS) is 10.2. The number of aromatic nitrogens is 3. The van der Waals surface area contributed by atoms with Crippen molar-refractivity contribution in [3.8, 4) is 0 Å². The molecule has 0 spiro atoms. The number of hydrogen-bond donors (Lipinski definition) is 2. The number of halogens is 1. The third kappa shape index (κ3) is 2.95. The number of pyridine rings is 1. The molecule has 0 aliphatic rings. The molecule has 0 saturated carbocycles. The highest BCUT2D eigenvalue weighted by molar-refractivity contribution is 9.10. The molecule has 0 radical (unpaired) electrons. The topological polar surface area (TPSA) is 62.7 Å². The molecule has 2 N–H and O–H groups in total. The number of nitrogens with zero attached hydrogens (tertiary/aromatic N) is 3. The Morgan fingerprint density at radius 1 is 1.33 bits per heavy atom. The van der Waals surface area contributed by atoms with Crippen LogP contribution in [-0.2, 0) is 6.54 Å². The molecule has 2 rings (SSSR count). The van der Waals surface area contributed by atoms with Gasteiger partial charge in [0, 0.05) is 19.4 Å². The first-order valence-corrected chi connectivity index (χ1v) is 6.34.